The SMILES string of the molecule is CC[C@H](Oc1ccc2c(c1)CCCC2)C(=O)NCCOc1ccc(OC)cc1. The van der Waals surface area contributed by atoms with Crippen molar-refractivity contribution in [2.45, 2.75) is 45.1 Å². The summed E-state index contributed by atoms with van der Waals surface area (Å²) in [5, 5.41) is 2.90. The average molecular weight is 383 g/mol. The molecule has 5 heteroatoms. The smallest absolute Gasteiger partial charge is 0.261 e. The molecule has 3 rings (SSSR count). The standard InChI is InChI=1S/C23H29NO4/c1-3-22(28-21-9-8-17-6-4-5-7-18(17)16-21)23(25)24-14-15-27-20-12-10-19(26-2)11-13-20/h8-13,16,22H,3-7,14-15H2,1-2H3,(H,24,25)/t22-/m0/s1. The van der Waals surface area contributed by atoms with E-state index in [-0.39, 0.29) is 5.91 Å². The second-order valence-corrected chi connectivity index (χ2v) is 6.97. The van der Waals surface area contributed by atoms with Crippen molar-refractivity contribution in [3.8, 4) is 17.2 Å². The molecule has 0 saturated carbocycles. The van der Waals surface area contributed by atoms with E-state index in [0.717, 1.165) is 30.1 Å². The number of carbonyl (C=O) groups is 1. The Morgan fingerprint density at radius 2 is 1.68 bits per heavy atom. The van der Waals surface area contributed by atoms with Gasteiger partial charge in [0.05, 0.1) is 13.7 Å². The number of hydrogen-bond donors (Lipinski definition) is 1. The minimum Gasteiger partial charge on any atom is -0.497 e. The predicted molar refractivity (Wildman–Crippen MR) is 109 cm³/mol. The second kappa shape index (κ2) is 10.0. The van der Waals surface area contributed by atoms with Gasteiger partial charge in [0.2, 0.25) is 0 Å². The quantitative estimate of drug-likeness (QED) is 0.667. The van der Waals surface area contributed by atoms with E-state index in [0.29, 0.717) is 19.6 Å². The van der Waals surface area contributed by atoms with E-state index in [1.807, 2.05) is 37.3 Å². The molecule has 2 aromatic carbocycles. The summed E-state index contributed by atoms with van der Waals surface area (Å²) in [6.45, 7) is 2.78. The van der Waals surface area contributed by atoms with Crippen LogP contribution in [0.2, 0.25) is 0 Å². The lowest BCUT2D eigenvalue weighted by Gasteiger charge is -2.20. The Hall–Kier alpha value is -2.69. The Balaban J connectivity index is 1.45. The lowest BCUT2D eigenvalue weighted by Crippen LogP contribution is -2.39. The molecule has 1 N–H and O–H groups in total. The molecular formula is C23H29NO4. The predicted octanol–water partition coefficient (Wildman–Crippen LogP) is 3.93. The first-order chi connectivity index (χ1) is 13.7. The Bertz CT molecular complexity index is 773. The van der Waals surface area contributed by atoms with Crippen molar-refractivity contribution in [3.63, 3.8) is 0 Å². The zero-order valence-corrected chi connectivity index (χ0v) is 16.7. The van der Waals surface area contributed by atoms with Crippen molar-refractivity contribution in [2.24, 2.45) is 0 Å². The van der Waals surface area contributed by atoms with E-state index in [1.54, 1.807) is 7.11 Å². The van der Waals surface area contributed by atoms with Crippen LogP contribution in [0.25, 0.3) is 0 Å². The van der Waals surface area contributed by atoms with Crippen molar-refractivity contribution in [2.75, 3.05) is 20.3 Å². The van der Waals surface area contributed by atoms with Crippen LogP contribution in [0.4, 0.5) is 0 Å². The molecule has 0 aliphatic heterocycles. The maximum absolute atomic E-state index is 12.5. The third-order valence-electron chi connectivity index (χ3n) is 4.99. The molecule has 0 radical (unpaired) electrons. The number of methoxy groups -OCH3 is 1. The number of carbonyl (C=O) groups excluding carboxylic acids is 1. The molecule has 0 fully saturated rings. The molecule has 1 aliphatic rings. The second-order valence-electron chi connectivity index (χ2n) is 6.97. The number of nitrogens with one attached hydrogen (secondary N) is 1. The van der Waals surface area contributed by atoms with Crippen LogP contribution >= 0.6 is 0 Å². The molecule has 5 nitrogen and oxygen atoms in total. The van der Waals surface area contributed by atoms with Crippen LogP contribution in [-0.4, -0.2) is 32.3 Å². The van der Waals surface area contributed by atoms with Gasteiger partial charge < -0.3 is 19.5 Å². The van der Waals surface area contributed by atoms with Gasteiger partial charge in [0, 0.05) is 0 Å². The fourth-order valence-electron chi connectivity index (χ4n) is 3.40. The highest BCUT2D eigenvalue weighted by molar-refractivity contribution is 5.81. The fraction of sp³-hybridized carbons (Fsp3) is 0.435. The van der Waals surface area contributed by atoms with E-state index >= 15 is 0 Å². The molecule has 0 saturated heterocycles. The van der Waals surface area contributed by atoms with Gasteiger partial charge in [0.1, 0.15) is 23.9 Å². The van der Waals surface area contributed by atoms with Gasteiger partial charge in [-0.2, -0.15) is 0 Å². The van der Waals surface area contributed by atoms with E-state index in [9.17, 15) is 4.79 Å². The van der Waals surface area contributed by atoms with E-state index in [1.165, 1.54) is 24.0 Å². The fourth-order valence-corrected chi connectivity index (χ4v) is 3.40. The van der Waals surface area contributed by atoms with Gasteiger partial charge in [-0.1, -0.05) is 13.0 Å². The van der Waals surface area contributed by atoms with E-state index in [4.69, 9.17) is 14.2 Å². The largest absolute Gasteiger partial charge is 0.497 e. The highest BCUT2D eigenvalue weighted by Gasteiger charge is 2.19. The van der Waals surface area contributed by atoms with Gasteiger partial charge in [0.15, 0.2) is 6.10 Å². The Morgan fingerprint density at radius 3 is 2.39 bits per heavy atom. The number of rotatable bonds is 9. The van der Waals surface area contributed by atoms with Crippen LogP contribution < -0.4 is 19.5 Å². The number of fused-ring (bicyclic) bond motifs is 1. The molecular weight excluding hydrogens is 354 g/mol. The molecule has 28 heavy (non-hydrogen) atoms. The van der Waals surface area contributed by atoms with E-state index in [2.05, 4.69) is 17.4 Å². The summed E-state index contributed by atoms with van der Waals surface area (Å²) in [5.74, 6) is 2.19. The monoisotopic (exact) mass is 383 g/mol. The summed E-state index contributed by atoms with van der Waals surface area (Å²) in [7, 11) is 1.63. The van der Waals surface area contributed by atoms with Crippen molar-refractivity contribution in [1.82, 2.24) is 5.32 Å². The molecule has 150 valence electrons. The first-order valence-corrected chi connectivity index (χ1v) is 10.0. The number of ether oxygens (including phenoxy) is 3. The summed E-state index contributed by atoms with van der Waals surface area (Å²) >= 11 is 0. The third kappa shape index (κ3) is 5.41. The summed E-state index contributed by atoms with van der Waals surface area (Å²) in [5.41, 5.74) is 2.76. The number of aryl methyl sites for hydroxylation is 2. The van der Waals surface area contributed by atoms with Gasteiger partial charge in [0.25, 0.3) is 5.91 Å². The first kappa shape index (κ1) is 20.1. The Morgan fingerprint density at radius 1 is 1.00 bits per heavy atom. The number of hydrogen-bond acceptors (Lipinski definition) is 4. The third-order valence-corrected chi connectivity index (χ3v) is 4.99. The van der Waals surface area contributed by atoms with Crippen molar-refractivity contribution >= 4 is 5.91 Å². The first-order valence-electron chi connectivity index (χ1n) is 10.0. The normalized spacial score (nSPS) is 13.9. The van der Waals surface area contributed by atoms with Gasteiger partial charge in [-0.25, -0.2) is 0 Å². The minimum absolute atomic E-state index is 0.112. The summed E-state index contributed by atoms with van der Waals surface area (Å²) in [6, 6.07) is 13.6. The summed E-state index contributed by atoms with van der Waals surface area (Å²) in [6.07, 6.45) is 4.83. The molecule has 0 spiro atoms. The zero-order valence-electron chi connectivity index (χ0n) is 16.7. The number of benzene rings is 2. The van der Waals surface area contributed by atoms with Crippen LogP contribution in [0.15, 0.2) is 42.5 Å². The van der Waals surface area contributed by atoms with Gasteiger partial charge in [-0.15, -0.1) is 0 Å². The summed E-state index contributed by atoms with van der Waals surface area (Å²) in [4.78, 5) is 12.5. The highest BCUT2D eigenvalue weighted by Crippen LogP contribution is 2.26. The van der Waals surface area contributed by atoms with Crippen molar-refractivity contribution < 1.29 is 19.0 Å². The van der Waals surface area contributed by atoms with Gasteiger partial charge in [-0.05, 0) is 79.6 Å². The highest BCUT2D eigenvalue weighted by atomic mass is 16.5. The van der Waals surface area contributed by atoms with E-state index < -0.39 is 6.10 Å². The lowest BCUT2D eigenvalue weighted by molar-refractivity contribution is -0.128. The van der Waals surface area contributed by atoms with Crippen molar-refractivity contribution in [3.05, 3.63) is 53.6 Å². The maximum Gasteiger partial charge on any atom is 0.261 e. The van der Waals surface area contributed by atoms with Crippen LogP contribution in [0.3, 0.4) is 0 Å². The summed E-state index contributed by atoms with van der Waals surface area (Å²) < 4.78 is 16.7. The Labute approximate surface area is 167 Å². The zero-order chi connectivity index (χ0) is 19.8. The molecule has 1 amide bonds. The van der Waals surface area contributed by atoms with Crippen LogP contribution in [0.5, 0.6) is 17.2 Å². The molecule has 1 atom stereocenters. The van der Waals surface area contributed by atoms with Crippen LogP contribution in [-0.2, 0) is 17.6 Å². The van der Waals surface area contributed by atoms with Gasteiger partial charge >= 0.3 is 0 Å². The van der Waals surface area contributed by atoms with Crippen molar-refractivity contribution in [1.29, 1.82) is 0 Å². The number of amides is 1. The average Bonchev–Trinajstić information content (AvgIpc) is 2.75. The molecule has 0 bridgehead atoms. The maximum atomic E-state index is 12.5. The topological polar surface area (TPSA) is 56.8 Å². The van der Waals surface area contributed by atoms with Gasteiger partial charge in [-0.3, -0.25) is 4.79 Å². The molecule has 2 aromatic rings. The molecule has 0 unspecified atom stereocenters. The molecule has 0 heterocycles. The molecule has 0 aromatic heterocycles. The Kier molecular flexibility index (Phi) is 7.18. The van der Waals surface area contributed by atoms with Crippen LogP contribution in [0.1, 0.15) is 37.3 Å². The lowest BCUT2D eigenvalue weighted by atomic mass is 9.92. The molecule has 1 aliphatic carbocycles. The van der Waals surface area contributed by atoms with Crippen LogP contribution in [0, 0.1) is 0 Å². The minimum atomic E-state index is -0.498.